The fourth-order valence-electron chi connectivity index (χ4n) is 2.00. The second kappa shape index (κ2) is 5.97. The van der Waals surface area contributed by atoms with Crippen LogP contribution in [0, 0.1) is 0 Å². The Labute approximate surface area is 107 Å². The Bertz CT molecular complexity index is 394. The topological polar surface area (TPSA) is 59.5 Å². The predicted octanol–water partition coefficient (Wildman–Crippen LogP) is 0.890. The molecule has 0 amide bonds. The molecule has 1 aliphatic rings. The monoisotopic (exact) mass is 252 g/mol. The van der Waals surface area contributed by atoms with Crippen molar-refractivity contribution in [3.8, 4) is 0 Å². The molecule has 0 aromatic carbocycles. The molecular weight excluding hydrogens is 232 g/mol. The van der Waals surface area contributed by atoms with E-state index in [-0.39, 0.29) is 0 Å². The molecule has 0 radical (unpaired) electrons. The summed E-state index contributed by atoms with van der Waals surface area (Å²) < 4.78 is 10.5. The van der Waals surface area contributed by atoms with E-state index in [9.17, 15) is 0 Å². The maximum atomic E-state index is 5.41. The molecule has 2 rings (SSSR count). The maximum absolute atomic E-state index is 5.41. The number of rotatable bonds is 5. The molecule has 0 aliphatic carbocycles. The SMILES string of the molecule is CNc1cc(N(C)C2CCOC2)nc(COC)n1. The number of hydrogen-bond donors (Lipinski definition) is 1. The molecule has 1 fully saturated rings. The number of anilines is 2. The third-order valence-electron chi connectivity index (χ3n) is 3.10. The van der Waals surface area contributed by atoms with Gasteiger partial charge in [0.2, 0.25) is 0 Å². The average Bonchev–Trinajstić information content (AvgIpc) is 2.91. The van der Waals surface area contributed by atoms with E-state index in [0.29, 0.717) is 18.5 Å². The zero-order valence-corrected chi connectivity index (χ0v) is 11.1. The largest absolute Gasteiger partial charge is 0.379 e. The summed E-state index contributed by atoms with van der Waals surface area (Å²) in [4.78, 5) is 11.0. The Morgan fingerprint density at radius 3 is 3.00 bits per heavy atom. The van der Waals surface area contributed by atoms with Crippen LogP contribution in [0.4, 0.5) is 11.6 Å². The molecule has 100 valence electrons. The zero-order valence-electron chi connectivity index (χ0n) is 11.1. The molecule has 6 heteroatoms. The smallest absolute Gasteiger partial charge is 0.158 e. The number of methoxy groups -OCH3 is 1. The van der Waals surface area contributed by atoms with E-state index in [1.807, 2.05) is 20.2 Å². The molecule has 6 nitrogen and oxygen atoms in total. The van der Waals surface area contributed by atoms with Gasteiger partial charge in [-0.2, -0.15) is 0 Å². The molecule has 18 heavy (non-hydrogen) atoms. The lowest BCUT2D eigenvalue weighted by Crippen LogP contribution is -2.32. The molecule has 0 spiro atoms. The van der Waals surface area contributed by atoms with Gasteiger partial charge < -0.3 is 19.7 Å². The van der Waals surface area contributed by atoms with Gasteiger partial charge in [-0.15, -0.1) is 0 Å². The predicted molar refractivity (Wildman–Crippen MR) is 69.9 cm³/mol. The molecule has 1 N–H and O–H groups in total. The van der Waals surface area contributed by atoms with Crippen molar-refractivity contribution in [2.45, 2.75) is 19.1 Å². The summed E-state index contributed by atoms with van der Waals surface area (Å²) >= 11 is 0. The Morgan fingerprint density at radius 2 is 2.39 bits per heavy atom. The van der Waals surface area contributed by atoms with E-state index >= 15 is 0 Å². The molecule has 1 unspecified atom stereocenters. The number of nitrogens with one attached hydrogen (secondary N) is 1. The standard InChI is InChI=1S/C12H20N4O2/c1-13-10-6-12(15-11(14-10)8-17-3)16(2)9-4-5-18-7-9/h6,9H,4-5,7-8H2,1-3H3,(H,13,14,15). The molecular formula is C12H20N4O2. The first kappa shape index (κ1) is 13.0. The normalized spacial score (nSPS) is 18.9. The van der Waals surface area contributed by atoms with Crippen LogP contribution >= 0.6 is 0 Å². The van der Waals surface area contributed by atoms with Gasteiger partial charge in [0.15, 0.2) is 5.82 Å². The van der Waals surface area contributed by atoms with Gasteiger partial charge in [-0.25, -0.2) is 9.97 Å². The minimum absolute atomic E-state index is 0.389. The van der Waals surface area contributed by atoms with Gasteiger partial charge >= 0.3 is 0 Å². The highest BCUT2D eigenvalue weighted by molar-refractivity contribution is 5.49. The first-order chi connectivity index (χ1) is 8.74. The van der Waals surface area contributed by atoms with Crippen LogP contribution in [0.25, 0.3) is 0 Å². The van der Waals surface area contributed by atoms with Gasteiger partial charge in [0.25, 0.3) is 0 Å². The fraction of sp³-hybridized carbons (Fsp3) is 0.667. The molecule has 1 aliphatic heterocycles. The second-order valence-corrected chi connectivity index (χ2v) is 4.34. The number of aromatic nitrogens is 2. The lowest BCUT2D eigenvalue weighted by atomic mass is 10.2. The molecule has 0 saturated carbocycles. The first-order valence-electron chi connectivity index (χ1n) is 6.10. The fourth-order valence-corrected chi connectivity index (χ4v) is 2.00. The third kappa shape index (κ3) is 2.88. The summed E-state index contributed by atoms with van der Waals surface area (Å²) in [5, 5.41) is 3.05. The van der Waals surface area contributed by atoms with E-state index < -0.39 is 0 Å². The van der Waals surface area contributed by atoms with Gasteiger partial charge in [-0.05, 0) is 6.42 Å². The van der Waals surface area contributed by atoms with Crippen molar-refractivity contribution in [3.63, 3.8) is 0 Å². The van der Waals surface area contributed by atoms with Crippen LogP contribution in [-0.4, -0.2) is 50.4 Å². The lowest BCUT2D eigenvalue weighted by Gasteiger charge is -2.24. The summed E-state index contributed by atoms with van der Waals surface area (Å²) in [6.07, 6.45) is 1.04. The van der Waals surface area contributed by atoms with Gasteiger partial charge in [0.05, 0.1) is 12.6 Å². The molecule has 0 bridgehead atoms. The minimum atomic E-state index is 0.389. The van der Waals surface area contributed by atoms with Crippen LogP contribution in [0.15, 0.2) is 6.07 Å². The summed E-state index contributed by atoms with van der Waals surface area (Å²) in [5.41, 5.74) is 0. The van der Waals surface area contributed by atoms with E-state index in [1.165, 1.54) is 0 Å². The Morgan fingerprint density at radius 1 is 1.56 bits per heavy atom. The van der Waals surface area contributed by atoms with Crippen LogP contribution in [0.1, 0.15) is 12.2 Å². The van der Waals surface area contributed by atoms with Gasteiger partial charge in [0.1, 0.15) is 18.2 Å². The van der Waals surface area contributed by atoms with Gasteiger partial charge in [0, 0.05) is 33.9 Å². The van der Waals surface area contributed by atoms with Crippen molar-refractivity contribution in [1.29, 1.82) is 0 Å². The molecule has 2 heterocycles. The molecule has 1 saturated heterocycles. The number of ether oxygens (including phenoxy) is 2. The Hall–Kier alpha value is -1.40. The minimum Gasteiger partial charge on any atom is -0.379 e. The highest BCUT2D eigenvalue weighted by atomic mass is 16.5. The molecule has 1 atom stereocenters. The van der Waals surface area contributed by atoms with Crippen molar-refractivity contribution in [3.05, 3.63) is 11.9 Å². The number of likely N-dealkylation sites (N-methyl/N-ethyl adjacent to an activating group) is 1. The van der Waals surface area contributed by atoms with Crippen LogP contribution in [-0.2, 0) is 16.1 Å². The lowest BCUT2D eigenvalue weighted by molar-refractivity contribution is 0.178. The van der Waals surface area contributed by atoms with Crippen LogP contribution in [0.3, 0.4) is 0 Å². The van der Waals surface area contributed by atoms with Gasteiger partial charge in [-0.3, -0.25) is 0 Å². The van der Waals surface area contributed by atoms with Crippen LogP contribution in [0.5, 0.6) is 0 Å². The van der Waals surface area contributed by atoms with Crippen LogP contribution < -0.4 is 10.2 Å². The highest BCUT2D eigenvalue weighted by Crippen LogP contribution is 2.20. The Kier molecular flexibility index (Phi) is 4.33. The van der Waals surface area contributed by atoms with E-state index in [4.69, 9.17) is 9.47 Å². The second-order valence-electron chi connectivity index (χ2n) is 4.34. The summed E-state index contributed by atoms with van der Waals surface area (Å²) in [5.74, 6) is 2.39. The highest BCUT2D eigenvalue weighted by Gasteiger charge is 2.22. The number of hydrogen-bond acceptors (Lipinski definition) is 6. The Balaban J connectivity index is 2.21. The summed E-state index contributed by atoms with van der Waals surface area (Å²) in [6, 6.07) is 2.33. The molecule has 1 aromatic heterocycles. The van der Waals surface area contributed by atoms with Crippen LogP contribution in [0.2, 0.25) is 0 Å². The van der Waals surface area contributed by atoms with Crippen molar-refractivity contribution in [2.24, 2.45) is 0 Å². The van der Waals surface area contributed by atoms with Crippen molar-refractivity contribution in [1.82, 2.24) is 9.97 Å². The van der Waals surface area contributed by atoms with Gasteiger partial charge in [-0.1, -0.05) is 0 Å². The van der Waals surface area contributed by atoms with E-state index in [2.05, 4.69) is 20.2 Å². The quantitative estimate of drug-likeness (QED) is 0.840. The third-order valence-corrected chi connectivity index (χ3v) is 3.10. The maximum Gasteiger partial charge on any atom is 0.158 e. The van der Waals surface area contributed by atoms with Crippen molar-refractivity contribution in [2.75, 3.05) is 44.6 Å². The van der Waals surface area contributed by atoms with E-state index in [1.54, 1.807) is 7.11 Å². The van der Waals surface area contributed by atoms with Crippen molar-refractivity contribution < 1.29 is 9.47 Å². The summed E-state index contributed by atoms with van der Waals surface area (Å²) in [7, 11) is 5.53. The summed E-state index contributed by atoms with van der Waals surface area (Å²) in [6.45, 7) is 2.00. The van der Waals surface area contributed by atoms with Crippen molar-refractivity contribution >= 4 is 11.6 Å². The average molecular weight is 252 g/mol. The zero-order chi connectivity index (χ0) is 13.0. The molecule has 1 aromatic rings. The number of nitrogens with zero attached hydrogens (tertiary/aromatic N) is 3. The van der Waals surface area contributed by atoms with E-state index in [0.717, 1.165) is 31.3 Å². The first-order valence-corrected chi connectivity index (χ1v) is 6.10.